The van der Waals surface area contributed by atoms with Crippen LogP contribution in [0.4, 0.5) is 0 Å². The Labute approximate surface area is 201 Å². The van der Waals surface area contributed by atoms with E-state index in [1.165, 1.54) is 17.4 Å². The molecule has 0 saturated carbocycles. The maximum atomic E-state index is 13.1. The fraction of sp³-hybridized carbons (Fsp3) is 0.143. The van der Waals surface area contributed by atoms with Crippen molar-refractivity contribution in [2.75, 3.05) is 0 Å². The summed E-state index contributed by atoms with van der Waals surface area (Å²) in [6, 6.07) is 20.8. The predicted octanol–water partition coefficient (Wildman–Crippen LogP) is 5.38. The number of rotatable bonds is 7. The van der Waals surface area contributed by atoms with Gasteiger partial charge in [-0.1, -0.05) is 30.3 Å². The summed E-state index contributed by atoms with van der Waals surface area (Å²) < 4.78 is 16.9. The van der Waals surface area contributed by atoms with Crippen LogP contribution in [-0.4, -0.2) is 21.7 Å². The van der Waals surface area contributed by atoms with Crippen molar-refractivity contribution in [3.05, 3.63) is 119 Å². The fourth-order valence-electron chi connectivity index (χ4n) is 4.21. The van der Waals surface area contributed by atoms with Gasteiger partial charge in [0.1, 0.15) is 35.7 Å². The molecular weight excluding hydrogens is 446 g/mol. The summed E-state index contributed by atoms with van der Waals surface area (Å²) in [4.78, 5) is 27.4. The standard InChI is InChI=1S/C28H23NO6/c1-18-15-20(11-12-22(18)35-17-19-7-3-2-4-8-19)26(30)24-25(23-10-6-14-34-23)29(28(32)27(24)31)16-21-9-5-13-33-21/h2-15,25,30H,16-17H2,1H3/b26-24-. The molecule has 3 heterocycles. The number of aryl methyl sites for hydroxylation is 1. The summed E-state index contributed by atoms with van der Waals surface area (Å²) >= 11 is 0. The number of aliphatic hydroxyl groups excluding tert-OH is 1. The lowest BCUT2D eigenvalue weighted by Crippen LogP contribution is -2.28. The van der Waals surface area contributed by atoms with E-state index in [0.717, 1.165) is 11.1 Å². The fourth-order valence-corrected chi connectivity index (χ4v) is 4.21. The van der Waals surface area contributed by atoms with Gasteiger partial charge in [0.2, 0.25) is 0 Å². The van der Waals surface area contributed by atoms with Crippen molar-refractivity contribution in [2.45, 2.75) is 26.1 Å². The van der Waals surface area contributed by atoms with Crippen LogP contribution in [0.1, 0.15) is 34.3 Å². The lowest BCUT2D eigenvalue weighted by molar-refractivity contribution is -0.140. The SMILES string of the molecule is Cc1cc(/C(O)=C2/C(=O)C(=O)N(Cc3ccco3)C2c2ccco2)ccc1OCc1ccccc1. The molecule has 2 aromatic heterocycles. The average Bonchev–Trinajstić information content (AvgIpc) is 3.63. The Morgan fingerprint density at radius 1 is 0.971 bits per heavy atom. The van der Waals surface area contributed by atoms with E-state index >= 15 is 0 Å². The number of carbonyl (C=O) groups excluding carboxylic acids is 2. The Balaban J connectivity index is 1.48. The molecule has 5 rings (SSSR count). The van der Waals surface area contributed by atoms with Crippen LogP contribution in [0.5, 0.6) is 5.75 Å². The minimum atomic E-state index is -0.885. The first-order valence-corrected chi connectivity index (χ1v) is 11.1. The number of hydrogen-bond acceptors (Lipinski definition) is 6. The second kappa shape index (κ2) is 9.38. The summed E-state index contributed by atoms with van der Waals surface area (Å²) in [7, 11) is 0. The Hall–Kier alpha value is -4.52. The number of amides is 1. The van der Waals surface area contributed by atoms with Crippen LogP contribution in [0.2, 0.25) is 0 Å². The van der Waals surface area contributed by atoms with Gasteiger partial charge in [-0.2, -0.15) is 0 Å². The van der Waals surface area contributed by atoms with E-state index < -0.39 is 17.7 Å². The van der Waals surface area contributed by atoms with Crippen LogP contribution in [0.25, 0.3) is 5.76 Å². The van der Waals surface area contributed by atoms with E-state index in [-0.39, 0.29) is 17.9 Å². The molecule has 1 aliphatic heterocycles. The first-order valence-electron chi connectivity index (χ1n) is 11.1. The smallest absolute Gasteiger partial charge is 0.296 e. The molecule has 7 nitrogen and oxygen atoms in total. The molecule has 1 aliphatic rings. The van der Waals surface area contributed by atoms with Crippen molar-refractivity contribution in [1.29, 1.82) is 0 Å². The molecule has 0 radical (unpaired) electrons. The number of likely N-dealkylation sites (tertiary alicyclic amines) is 1. The third-order valence-corrected chi connectivity index (χ3v) is 5.94. The van der Waals surface area contributed by atoms with Crippen LogP contribution in [0, 0.1) is 6.92 Å². The van der Waals surface area contributed by atoms with Crippen LogP contribution < -0.4 is 4.74 Å². The zero-order chi connectivity index (χ0) is 24.4. The number of Topliss-reactive ketones (excluding diaryl/α,β-unsaturated/α-hetero) is 1. The quantitative estimate of drug-likeness (QED) is 0.222. The molecule has 1 atom stereocenters. The van der Waals surface area contributed by atoms with Gasteiger partial charge in [-0.3, -0.25) is 9.59 Å². The number of ether oxygens (including phenoxy) is 1. The van der Waals surface area contributed by atoms with Crippen molar-refractivity contribution in [2.24, 2.45) is 0 Å². The summed E-state index contributed by atoms with van der Waals surface area (Å²) in [5.74, 6) is -0.242. The molecule has 0 spiro atoms. The minimum absolute atomic E-state index is 0.0335. The summed E-state index contributed by atoms with van der Waals surface area (Å²) in [6.45, 7) is 2.32. The minimum Gasteiger partial charge on any atom is -0.507 e. The lowest BCUT2D eigenvalue weighted by atomic mass is 9.98. The number of ketones is 1. The molecule has 0 aliphatic carbocycles. The van der Waals surface area contributed by atoms with Crippen molar-refractivity contribution in [3.8, 4) is 5.75 Å². The number of aliphatic hydroxyl groups is 1. The highest BCUT2D eigenvalue weighted by Crippen LogP contribution is 2.40. The lowest BCUT2D eigenvalue weighted by Gasteiger charge is -2.22. The maximum Gasteiger partial charge on any atom is 0.296 e. The van der Waals surface area contributed by atoms with Gasteiger partial charge >= 0.3 is 0 Å². The highest BCUT2D eigenvalue weighted by molar-refractivity contribution is 6.46. The molecule has 2 aromatic carbocycles. The van der Waals surface area contributed by atoms with Crippen molar-refractivity contribution in [1.82, 2.24) is 4.90 Å². The van der Waals surface area contributed by atoms with Crippen molar-refractivity contribution >= 4 is 17.4 Å². The molecule has 1 saturated heterocycles. The van der Waals surface area contributed by atoms with E-state index in [1.54, 1.807) is 42.5 Å². The summed E-state index contributed by atoms with van der Waals surface area (Å²) in [5, 5.41) is 11.2. The first kappa shape index (κ1) is 22.3. The number of carbonyl (C=O) groups is 2. The van der Waals surface area contributed by atoms with Crippen LogP contribution in [0.15, 0.2) is 99.7 Å². The van der Waals surface area contributed by atoms with Crippen molar-refractivity contribution in [3.63, 3.8) is 0 Å². The molecule has 1 amide bonds. The van der Waals surface area contributed by atoms with E-state index in [1.807, 2.05) is 37.3 Å². The highest BCUT2D eigenvalue weighted by atomic mass is 16.5. The molecule has 4 aromatic rings. The Morgan fingerprint density at radius 3 is 2.43 bits per heavy atom. The monoisotopic (exact) mass is 469 g/mol. The molecule has 1 N–H and O–H groups in total. The van der Waals surface area contributed by atoms with Gasteiger partial charge in [0.15, 0.2) is 0 Å². The van der Waals surface area contributed by atoms with Crippen LogP contribution >= 0.6 is 0 Å². The number of benzene rings is 2. The summed E-state index contributed by atoms with van der Waals surface area (Å²) in [5.41, 5.74) is 2.19. The first-order chi connectivity index (χ1) is 17.0. The number of furan rings is 2. The van der Waals surface area contributed by atoms with Crippen LogP contribution in [-0.2, 0) is 22.7 Å². The molecule has 1 fully saturated rings. The second-order valence-corrected chi connectivity index (χ2v) is 8.28. The molecule has 7 heteroatoms. The second-order valence-electron chi connectivity index (χ2n) is 8.28. The number of hydrogen-bond donors (Lipinski definition) is 1. The average molecular weight is 469 g/mol. The topological polar surface area (TPSA) is 93.1 Å². The molecule has 35 heavy (non-hydrogen) atoms. The highest BCUT2D eigenvalue weighted by Gasteiger charge is 2.47. The van der Waals surface area contributed by atoms with E-state index in [2.05, 4.69) is 0 Å². The molecule has 0 bridgehead atoms. The van der Waals surface area contributed by atoms with Gasteiger partial charge in [0.05, 0.1) is 24.6 Å². The Bertz CT molecular complexity index is 1370. The van der Waals surface area contributed by atoms with E-state index in [0.29, 0.717) is 29.4 Å². The molecule has 176 valence electrons. The Morgan fingerprint density at radius 2 is 1.74 bits per heavy atom. The van der Waals surface area contributed by atoms with Gasteiger partial charge in [-0.25, -0.2) is 0 Å². The molecule has 1 unspecified atom stereocenters. The maximum absolute atomic E-state index is 13.1. The predicted molar refractivity (Wildman–Crippen MR) is 127 cm³/mol. The van der Waals surface area contributed by atoms with Gasteiger partial charge in [-0.15, -0.1) is 0 Å². The van der Waals surface area contributed by atoms with Crippen LogP contribution in [0.3, 0.4) is 0 Å². The zero-order valence-electron chi connectivity index (χ0n) is 19.0. The van der Waals surface area contributed by atoms with E-state index in [4.69, 9.17) is 13.6 Å². The largest absolute Gasteiger partial charge is 0.507 e. The van der Waals surface area contributed by atoms with Crippen molar-refractivity contribution < 1.29 is 28.3 Å². The normalized spacial score (nSPS) is 17.2. The van der Waals surface area contributed by atoms with Gasteiger partial charge in [0.25, 0.3) is 11.7 Å². The third kappa shape index (κ3) is 4.36. The summed E-state index contributed by atoms with van der Waals surface area (Å²) in [6.07, 6.45) is 2.96. The third-order valence-electron chi connectivity index (χ3n) is 5.94. The number of nitrogens with zero attached hydrogens (tertiary/aromatic N) is 1. The van der Waals surface area contributed by atoms with Gasteiger partial charge in [-0.05, 0) is 60.5 Å². The molecular formula is C28H23NO6. The van der Waals surface area contributed by atoms with Gasteiger partial charge in [0, 0.05) is 5.56 Å². The van der Waals surface area contributed by atoms with Gasteiger partial charge < -0.3 is 23.6 Å². The van der Waals surface area contributed by atoms with E-state index in [9.17, 15) is 14.7 Å². The Kier molecular flexibility index (Phi) is 5.97. The zero-order valence-corrected chi connectivity index (χ0v) is 19.0.